The first-order valence-electron chi connectivity index (χ1n) is 7.20. The minimum atomic E-state index is -1.05. The van der Waals surface area contributed by atoms with Gasteiger partial charge < -0.3 is 14.6 Å². The smallest absolute Gasteiger partial charge is 0.411 e. The molecule has 0 saturated carbocycles. The first-order chi connectivity index (χ1) is 10.3. The Morgan fingerprint density at radius 3 is 2.41 bits per heavy atom. The second-order valence-electron chi connectivity index (χ2n) is 6.28. The van der Waals surface area contributed by atoms with Gasteiger partial charge in [-0.15, -0.1) is 0 Å². The fraction of sp³-hybridized carbons (Fsp3) is 0.500. The van der Waals surface area contributed by atoms with Gasteiger partial charge in [-0.2, -0.15) is 0 Å². The monoisotopic (exact) mass is 307 g/mol. The lowest BCUT2D eigenvalue weighted by Crippen LogP contribution is -2.43. The van der Waals surface area contributed by atoms with E-state index in [0.717, 1.165) is 0 Å². The Bertz CT molecular complexity index is 537. The first kappa shape index (κ1) is 16.1. The Hall–Kier alpha value is -2.24. The molecule has 1 aliphatic heterocycles. The number of nitrogens with zero attached hydrogens (tertiary/aromatic N) is 1. The number of ether oxygens (including phenoxy) is 2. The van der Waals surface area contributed by atoms with Crippen molar-refractivity contribution < 1.29 is 24.2 Å². The van der Waals surface area contributed by atoms with Gasteiger partial charge in [0.1, 0.15) is 23.5 Å². The van der Waals surface area contributed by atoms with Crippen LogP contribution in [0.2, 0.25) is 0 Å². The Labute approximate surface area is 129 Å². The number of benzene rings is 1. The normalized spacial score (nSPS) is 21.5. The molecule has 6 nitrogen and oxygen atoms in total. The number of hydrogen-bond donors (Lipinski definition) is 1. The molecule has 1 N–H and O–H groups in total. The summed E-state index contributed by atoms with van der Waals surface area (Å²) in [6, 6.07) is 8.21. The molecule has 1 aliphatic rings. The first-order valence-corrected chi connectivity index (χ1v) is 7.20. The molecule has 22 heavy (non-hydrogen) atoms. The van der Waals surface area contributed by atoms with Crippen molar-refractivity contribution in [3.05, 3.63) is 30.3 Å². The minimum absolute atomic E-state index is 0.195. The van der Waals surface area contributed by atoms with Crippen molar-refractivity contribution in [1.29, 1.82) is 0 Å². The third kappa shape index (κ3) is 4.13. The highest BCUT2D eigenvalue weighted by atomic mass is 16.6. The van der Waals surface area contributed by atoms with E-state index in [1.165, 1.54) is 4.90 Å². The number of likely N-dealkylation sites (tertiary alicyclic amines) is 1. The zero-order chi connectivity index (χ0) is 16.3. The Balaban J connectivity index is 2.06. The lowest BCUT2D eigenvalue weighted by atomic mass is 10.2. The van der Waals surface area contributed by atoms with E-state index in [1.807, 2.05) is 18.2 Å². The van der Waals surface area contributed by atoms with Gasteiger partial charge in [0.15, 0.2) is 0 Å². The predicted molar refractivity (Wildman–Crippen MR) is 79.8 cm³/mol. The van der Waals surface area contributed by atoms with Crippen molar-refractivity contribution in [1.82, 2.24) is 4.90 Å². The van der Waals surface area contributed by atoms with Crippen molar-refractivity contribution in [3.8, 4) is 5.75 Å². The van der Waals surface area contributed by atoms with Crippen LogP contribution in [0.15, 0.2) is 30.3 Å². The van der Waals surface area contributed by atoms with Crippen LogP contribution in [0.25, 0.3) is 0 Å². The minimum Gasteiger partial charge on any atom is -0.488 e. The highest BCUT2D eigenvalue weighted by Gasteiger charge is 2.42. The molecular weight excluding hydrogens is 286 g/mol. The van der Waals surface area contributed by atoms with Gasteiger partial charge >= 0.3 is 12.1 Å². The van der Waals surface area contributed by atoms with Crippen molar-refractivity contribution in [3.63, 3.8) is 0 Å². The number of carboxylic acids is 1. The average molecular weight is 307 g/mol. The van der Waals surface area contributed by atoms with Crippen LogP contribution in [-0.2, 0) is 9.53 Å². The summed E-state index contributed by atoms with van der Waals surface area (Å²) in [4.78, 5) is 24.8. The average Bonchev–Trinajstić information content (AvgIpc) is 2.82. The number of hydrogen-bond acceptors (Lipinski definition) is 4. The van der Waals surface area contributed by atoms with E-state index in [4.69, 9.17) is 9.47 Å². The van der Waals surface area contributed by atoms with E-state index in [2.05, 4.69) is 0 Å². The van der Waals surface area contributed by atoms with Gasteiger partial charge in [-0.3, -0.25) is 4.90 Å². The molecule has 1 amide bonds. The lowest BCUT2D eigenvalue weighted by Gasteiger charge is -2.26. The maximum Gasteiger partial charge on any atom is 0.411 e. The molecule has 0 aromatic heterocycles. The maximum absolute atomic E-state index is 12.2. The molecule has 6 heteroatoms. The number of aliphatic carboxylic acids is 1. The molecule has 0 bridgehead atoms. The van der Waals surface area contributed by atoms with Crippen LogP contribution in [0.3, 0.4) is 0 Å². The largest absolute Gasteiger partial charge is 0.488 e. The van der Waals surface area contributed by atoms with Crippen molar-refractivity contribution in [2.24, 2.45) is 0 Å². The number of amides is 1. The molecule has 1 aromatic carbocycles. The van der Waals surface area contributed by atoms with Crippen molar-refractivity contribution >= 4 is 12.1 Å². The van der Waals surface area contributed by atoms with Crippen LogP contribution in [-0.4, -0.2) is 46.4 Å². The standard InChI is InChI=1S/C16H21NO5/c1-16(2,3)22-15(20)17-10-12(9-13(17)14(18)19)21-11-7-5-4-6-8-11/h4-8,12-13H,9-10H2,1-3H3,(H,18,19)/t12-,13-/m0/s1. The fourth-order valence-electron chi connectivity index (χ4n) is 2.33. The molecule has 2 atom stereocenters. The summed E-state index contributed by atoms with van der Waals surface area (Å²) in [5.74, 6) is -0.396. The van der Waals surface area contributed by atoms with Gasteiger partial charge in [0.2, 0.25) is 0 Å². The fourth-order valence-corrected chi connectivity index (χ4v) is 2.33. The van der Waals surface area contributed by atoms with Gasteiger partial charge in [-0.1, -0.05) is 18.2 Å². The molecule has 2 rings (SSSR count). The zero-order valence-electron chi connectivity index (χ0n) is 13.0. The third-order valence-corrected chi connectivity index (χ3v) is 3.22. The van der Waals surface area contributed by atoms with Crippen molar-refractivity contribution in [2.45, 2.75) is 44.9 Å². The third-order valence-electron chi connectivity index (χ3n) is 3.22. The number of carbonyl (C=O) groups excluding carboxylic acids is 1. The number of carboxylic acid groups (broad SMARTS) is 1. The summed E-state index contributed by atoms with van der Waals surface area (Å²) >= 11 is 0. The highest BCUT2D eigenvalue weighted by molar-refractivity contribution is 5.81. The van der Waals surface area contributed by atoms with Crippen LogP contribution < -0.4 is 4.74 Å². The molecule has 1 fully saturated rings. The number of carbonyl (C=O) groups is 2. The molecular formula is C16H21NO5. The van der Waals surface area contributed by atoms with Gasteiger partial charge in [0, 0.05) is 6.42 Å². The molecule has 0 aliphatic carbocycles. The highest BCUT2D eigenvalue weighted by Crippen LogP contribution is 2.25. The van der Waals surface area contributed by atoms with E-state index in [-0.39, 0.29) is 19.1 Å². The van der Waals surface area contributed by atoms with Crippen LogP contribution in [0.4, 0.5) is 4.79 Å². The lowest BCUT2D eigenvalue weighted by molar-refractivity contribution is -0.142. The molecule has 1 heterocycles. The van der Waals surface area contributed by atoms with Gasteiger partial charge in [0.25, 0.3) is 0 Å². The van der Waals surface area contributed by atoms with Crippen LogP contribution in [0.1, 0.15) is 27.2 Å². The summed E-state index contributed by atoms with van der Waals surface area (Å²) in [5.41, 5.74) is -0.668. The van der Waals surface area contributed by atoms with Gasteiger partial charge in [-0.25, -0.2) is 9.59 Å². The maximum atomic E-state index is 12.2. The molecule has 0 unspecified atom stereocenters. The molecule has 0 radical (unpaired) electrons. The molecule has 1 aromatic rings. The molecule has 0 spiro atoms. The predicted octanol–water partition coefficient (Wildman–Crippen LogP) is 2.53. The van der Waals surface area contributed by atoms with E-state index in [9.17, 15) is 14.7 Å². The van der Waals surface area contributed by atoms with Crippen molar-refractivity contribution in [2.75, 3.05) is 6.54 Å². The quantitative estimate of drug-likeness (QED) is 0.928. The Morgan fingerprint density at radius 1 is 1.23 bits per heavy atom. The second kappa shape index (κ2) is 6.25. The second-order valence-corrected chi connectivity index (χ2v) is 6.28. The van der Waals surface area contributed by atoms with Gasteiger partial charge in [-0.05, 0) is 32.9 Å². The molecule has 120 valence electrons. The van der Waals surface area contributed by atoms with Crippen LogP contribution in [0.5, 0.6) is 5.75 Å². The summed E-state index contributed by atoms with van der Waals surface area (Å²) in [6.45, 7) is 5.43. The number of para-hydroxylation sites is 1. The van der Waals surface area contributed by atoms with E-state index < -0.39 is 23.7 Å². The SMILES string of the molecule is CC(C)(C)OC(=O)N1C[C@@H](Oc2ccccc2)C[C@H]1C(=O)O. The summed E-state index contributed by atoms with van der Waals surface area (Å²) in [7, 11) is 0. The topological polar surface area (TPSA) is 76.1 Å². The van der Waals surface area contributed by atoms with Crippen LogP contribution in [0, 0.1) is 0 Å². The number of rotatable bonds is 3. The summed E-state index contributed by atoms with van der Waals surface area (Å²) in [5, 5.41) is 9.31. The van der Waals surface area contributed by atoms with E-state index >= 15 is 0 Å². The van der Waals surface area contributed by atoms with E-state index in [0.29, 0.717) is 5.75 Å². The van der Waals surface area contributed by atoms with Gasteiger partial charge in [0.05, 0.1) is 6.54 Å². The summed E-state index contributed by atoms with van der Waals surface area (Å²) < 4.78 is 11.0. The Kier molecular flexibility index (Phi) is 4.59. The van der Waals surface area contributed by atoms with E-state index in [1.54, 1.807) is 32.9 Å². The molecule has 1 saturated heterocycles. The Morgan fingerprint density at radius 2 is 1.86 bits per heavy atom. The van der Waals surface area contributed by atoms with Crippen LogP contribution >= 0.6 is 0 Å². The summed E-state index contributed by atoms with van der Waals surface area (Å²) in [6.07, 6.45) is -0.751. The zero-order valence-corrected chi connectivity index (χ0v) is 13.0.